The summed E-state index contributed by atoms with van der Waals surface area (Å²) < 4.78 is 19.5. The molecule has 10 nitrogen and oxygen atoms in total. The van der Waals surface area contributed by atoms with E-state index in [1.54, 1.807) is 31.0 Å². The zero-order valence-corrected chi connectivity index (χ0v) is 18.8. The lowest BCUT2D eigenvalue weighted by Crippen LogP contribution is -2.15. The Morgan fingerprint density at radius 3 is 2.65 bits per heavy atom. The van der Waals surface area contributed by atoms with E-state index in [4.69, 9.17) is 14.2 Å². The van der Waals surface area contributed by atoms with E-state index in [0.29, 0.717) is 42.3 Å². The summed E-state index contributed by atoms with van der Waals surface area (Å²) in [6.07, 6.45) is 1.82. The Kier molecular flexibility index (Phi) is 7.90. The van der Waals surface area contributed by atoms with Crippen LogP contribution in [0.3, 0.4) is 0 Å². The van der Waals surface area contributed by atoms with Crippen LogP contribution in [0.25, 0.3) is 11.4 Å². The van der Waals surface area contributed by atoms with Gasteiger partial charge in [0.15, 0.2) is 11.0 Å². The molecule has 166 valence electrons. The molecule has 2 aromatic heterocycles. The molecule has 0 radical (unpaired) electrons. The molecule has 3 aromatic rings. The fourth-order valence-corrected chi connectivity index (χ4v) is 3.64. The molecular weight excluding hydrogens is 420 g/mol. The normalized spacial score (nSPS) is 10.8. The standard InChI is InChI=1S/C20H26N6O4S/c1-5-30-15-8-6-14(7-9-15)21-17(27)13-31-20-23-22-18(26(20)10-11-28-3)16-12-25(2)24-19(16)29-4/h6-9,12H,5,10-11,13H2,1-4H3,(H,21,27). The summed E-state index contributed by atoms with van der Waals surface area (Å²) in [5, 5.41) is 16.3. The van der Waals surface area contributed by atoms with Crippen molar-refractivity contribution in [2.45, 2.75) is 18.6 Å². The topological polar surface area (TPSA) is 105 Å². The summed E-state index contributed by atoms with van der Waals surface area (Å²) in [5.41, 5.74) is 1.43. The maximum Gasteiger partial charge on any atom is 0.243 e. The van der Waals surface area contributed by atoms with E-state index >= 15 is 0 Å². The number of aryl methyl sites for hydroxylation is 1. The van der Waals surface area contributed by atoms with Crippen molar-refractivity contribution < 1.29 is 19.0 Å². The van der Waals surface area contributed by atoms with Crippen LogP contribution >= 0.6 is 11.8 Å². The highest BCUT2D eigenvalue weighted by atomic mass is 32.2. The summed E-state index contributed by atoms with van der Waals surface area (Å²) in [5.74, 6) is 1.87. The van der Waals surface area contributed by atoms with E-state index in [1.165, 1.54) is 11.8 Å². The fourth-order valence-electron chi connectivity index (χ4n) is 2.88. The second kappa shape index (κ2) is 10.8. The van der Waals surface area contributed by atoms with Crippen LogP contribution in [0.5, 0.6) is 11.6 Å². The Bertz CT molecular complexity index is 1000. The SMILES string of the molecule is CCOc1ccc(NC(=O)CSc2nnc(-c3cn(C)nc3OC)n2CCOC)cc1. The van der Waals surface area contributed by atoms with Gasteiger partial charge in [-0.05, 0) is 31.2 Å². The number of hydrogen-bond acceptors (Lipinski definition) is 8. The first kappa shape index (κ1) is 22.6. The molecule has 0 aliphatic carbocycles. The minimum atomic E-state index is -0.143. The van der Waals surface area contributed by atoms with Gasteiger partial charge in [0.05, 0.1) is 32.6 Å². The number of carbonyl (C=O) groups is 1. The van der Waals surface area contributed by atoms with Crippen LogP contribution in [0.2, 0.25) is 0 Å². The van der Waals surface area contributed by atoms with Gasteiger partial charge in [-0.3, -0.25) is 14.0 Å². The molecule has 0 spiro atoms. The summed E-state index contributed by atoms with van der Waals surface area (Å²) in [6, 6.07) is 7.26. The lowest BCUT2D eigenvalue weighted by atomic mass is 10.3. The minimum absolute atomic E-state index is 0.143. The van der Waals surface area contributed by atoms with E-state index in [9.17, 15) is 4.79 Å². The molecule has 0 unspecified atom stereocenters. The number of methoxy groups -OCH3 is 2. The van der Waals surface area contributed by atoms with E-state index < -0.39 is 0 Å². The van der Waals surface area contributed by atoms with Gasteiger partial charge in [0.2, 0.25) is 11.8 Å². The van der Waals surface area contributed by atoms with Gasteiger partial charge in [0.1, 0.15) is 11.3 Å². The lowest BCUT2D eigenvalue weighted by Gasteiger charge is -2.10. The second-order valence-corrected chi connectivity index (χ2v) is 7.41. The predicted molar refractivity (Wildman–Crippen MR) is 118 cm³/mol. The predicted octanol–water partition coefficient (Wildman–Crippen LogP) is 2.46. The minimum Gasteiger partial charge on any atom is -0.494 e. The Morgan fingerprint density at radius 1 is 1.19 bits per heavy atom. The van der Waals surface area contributed by atoms with Crippen LogP contribution in [-0.4, -0.2) is 63.6 Å². The molecule has 31 heavy (non-hydrogen) atoms. The van der Waals surface area contributed by atoms with E-state index in [-0.39, 0.29) is 11.7 Å². The van der Waals surface area contributed by atoms with Gasteiger partial charge in [-0.15, -0.1) is 15.3 Å². The maximum atomic E-state index is 12.4. The second-order valence-electron chi connectivity index (χ2n) is 6.47. The zero-order chi connectivity index (χ0) is 22.2. The number of amides is 1. The molecule has 0 saturated heterocycles. The van der Waals surface area contributed by atoms with Crippen molar-refractivity contribution in [1.29, 1.82) is 0 Å². The number of benzene rings is 1. The van der Waals surface area contributed by atoms with Crippen molar-refractivity contribution in [3.8, 4) is 23.0 Å². The lowest BCUT2D eigenvalue weighted by molar-refractivity contribution is -0.113. The van der Waals surface area contributed by atoms with E-state index in [2.05, 4.69) is 20.6 Å². The molecule has 2 heterocycles. The van der Waals surface area contributed by atoms with Crippen LogP contribution in [0, 0.1) is 0 Å². The molecule has 0 aliphatic heterocycles. The molecule has 0 saturated carbocycles. The van der Waals surface area contributed by atoms with E-state index in [0.717, 1.165) is 11.3 Å². The number of nitrogens with one attached hydrogen (secondary N) is 1. The van der Waals surface area contributed by atoms with Crippen molar-refractivity contribution in [3.63, 3.8) is 0 Å². The number of rotatable bonds is 11. The summed E-state index contributed by atoms with van der Waals surface area (Å²) in [4.78, 5) is 12.4. The molecular formula is C20H26N6O4S. The number of thioether (sulfide) groups is 1. The van der Waals surface area contributed by atoms with Crippen LogP contribution in [0.15, 0.2) is 35.6 Å². The number of nitrogens with zero attached hydrogens (tertiary/aromatic N) is 5. The monoisotopic (exact) mass is 446 g/mol. The number of aromatic nitrogens is 5. The summed E-state index contributed by atoms with van der Waals surface area (Å²) in [6.45, 7) is 3.52. The molecule has 0 atom stereocenters. The largest absolute Gasteiger partial charge is 0.494 e. The Hall–Kier alpha value is -3.05. The first-order valence-corrected chi connectivity index (χ1v) is 10.7. The first-order valence-electron chi connectivity index (χ1n) is 9.71. The third kappa shape index (κ3) is 5.76. The average Bonchev–Trinajstić information content (AvgIpc) is 3.34. The van der Waals surface area contributed by atoms with Crippen LogP contribution in [0.4, 0.5) is 5.69 Å². The highest BCUT2D eigenvalue weighted by molar-refractivity contribution is 7.99. The molecule has 1 aromatic carbocycles. The molecule has 1 amide bonds. The molecule has 3 rings (SSSR count). The van der Waals surface area contributed by atoms with Crippen LogP contribution in [-0.2, 0) is 23.1 Å². The Labute approximate surface area is 184 Å². The smallest absolute Gasteiger partial charge is 0.243 e. The van der Waals surface area contributed by atoms with Crippen LogP contribution < -0.4 is 14.8 Å². The molecule has 1 N–H and O–H groups in total. The van der Waals surface area contributed by atoms with Crippen molar-refractivity contribution in [2.75, 3.05) is 38.5 Å². The van der Waals surface area contributed by atoms with Gasteiger partial charge < -0.3 is 19.5 Å². The zero-order valence-electron chi connectivity index (χ0n) is 18.0. The third-order valence-electron chi connectivity index (χ3n) is 4.25. The van der Waals surface area contributed by atoms with Gasteiger partial charge in [0.25, 0.3) is 0 Å². The molecule has 11 heteroatoms. The molecule has 0 fully saturated rings. The summed E-state index contributed by atoms with van der Waals surface area (Å²) >= 11 is 1.30. The number of hydrogen-bond donors (Lipinski definition) is 1. The highest BCUT2D eigenvalue weighted by Crippen LogP contribution is 2.30. The highest BCUT2D eigenvalue weighted by Gasteiger charge is 2.21. The number of ether oxygens (including phenoxy) is 3. The van der Waals surface area contributed by atoms with Crippen molar-refractivity contribution in [2.24, 2.45) is 7.05 Å². The van der Waals surface area contributed by atoms with Gasteiger partial charge in [0, 0.05) is 26.0 Å². The summed E-state index contributed by atoms with van der Waals surface area (Å²) in [7, 11) is 5.00. The fraction of sp³-hybridized carbons (Fsp3) is 0.400. The van der Waals surface area contributed by atoms with Gasteiger partial charge in [-0.2, -0.15) is 0 Å². The first-order chi connectivity index (χ1) is 15.0. The quantitative estimate of drug-likeness (QED) is 0.448. The van der Waals surface area contributed by atoms with Gasteiger partial charge in [-0.25, -0.2) is 0 Å². The third-order valence-corrected chi connectivity index (χ3v) is 5.21. The maximum absolute atomic E-state index is 12.4. The molecule has 0 aliphatic rings. The van der Waals surface area contributed by atoms with Crippen molar-refractivity contribution in [3.05, 3.63) is 30.5 Å². The van der Waals surface area contributed by atoms with Gasteiger partial charge in [-0.1, -0.05) is 11.8 Å². The van der Waals surface area contributed by atoms with Crippen molar-refractivity contribution in [1.82, 2.24) is 24.5 Å². The molecule has 0 bridgehead atoms. The average molecular weight is 447 g/mol. The van der Waals surface area contributed by atoms with Crippen LogP contribution in [0.1, 0.15) is 6.92 Å². The number of anilines is 1. The van der Waals surface area contributed by atoms with Crippen molar-refractivity contribution >= 4 is 23.4 Å². The Balaban J connectivity index is 1.70. The van der Waals surface area contributed by atoms with Gasteiger partial charge >= 0.3 is 0 Å². The van der Waals surface area contributed by atoms with E-state index in [1.807, 2.05) is 36.9 Å². The Morgan fingerprint density at radius 2 is 1.97 bits per heavy atom. The number of carbonyl (C=O) groups excluding carboxylic acids is 1.